The predicted molar refractivity (Wildman–Crippen MR) is 75.9 cm³/mol. The van der Waals surface area contributed by atoms with Gasteiger partial charge in [-0.25, -0.2) is 0 Å². The van der Waals surface area contributed by atoms with E-state index in [1.165, 1.54) is 0 Å². The average molecular weight is 272 g/mol. The largest absolute Gasteiger partial charge is 0.465 e. The lowest BCUT2D eigenvalue weighted by atomic mass is 10.2. The van der Waals surface area contributed by atoms with Crippen LogP contribution in [0.15, 0.2) is 0 Å². The van der Waals surface area contributed by atoms with Crippen LogP contribution >= 0.6 is 0 Å². The lowest BCUT2D eigenvalue weighted by Crippen LogP contribution is -2.51. The summed E-state index contributed by atoms with van der Waals surface area (Å²) in [6, 6.07) is -0.205. The first kappa shape index (κ1) is 17.9. The number of nitrogens with zero attached hydrogens (tertiary/aromatic N) is 2. The molecule has 0 rings (SSSR count). The van der Waals surface area contributed by atoms with Gasteiger partial charge in [-0.3, -0.25) is 14.5 Å². The Morgan fingerprint density at radius 1 is 1.05 bits per heavy atom. The van der Waals surface area contributed by atoms with E-state index in [0.29, 0.717) is 19.7 Å². The molecule has 5 heteroatoms. The predicted octanol–water partition coefficient (Wildman–Crippen LogP) is 1.52. The summed E-state index contributed by atoms with van der Waals surface area (Å²) >= 11 is 0. The van der Waals surface area contributed by atoms with Gasteiger partial charge in [-0.15, -0.1) is 0 Å². The van der Waals surface area contributed by atoms with Crippen LogP contribution in [0.5, 0.6) is 0 Å². The fourth-order valence-corrected chi connectivity index (χ4v) is 2.06. The number of likely N-dealkylation sites (N-methyl/N-ethyl adjacent to an activating group) is 1. The van der Waals surface area contributed by atoms with E-state index in [1.54, 1.807) is 11.8 Å². The minimum atomic E-state index is -0.315. The molecule has 0 aliphatic heterocycles. The summed E-state index contributed by atoms with van der Waals surface area (Å²) < 4.78 is 4.96. The minimum Gasteiger partial charge on any atom is -0.465 e. The second kappa shape index (κ2) is 8.91. The molecule has 5 nitrogen and oxygen atoms in total. The molecule has 1 atom stereocenters. The standard InChI is InChI=1S/C14H28N2O3/c1-7-15(8-2)14(18)12(6)16(11(4)5)10-13(17)19-9-3/h11-12H,7-10H2,1-6H3. The van der Waals surface area contributed by atoms with Gasteiger partial charge in [-0.1, -0.05) is 0 Å². The topological polar surface area (TPSA) is 49.9 Å². The van der Waals surface area contributed by atoms with Gasteiger partial charge < -0.3 is 9.64 Å². The number of ether oxygens (including phenoxy) is 1. The lowest BCUT2D eigenvalue weighted by Gasteiger charge is -2.33. The normalized spacial score (nSPS) is 12.6. The molecule has 0 aromatic carbocycles. The summed E-state index contributed by atoms with van der Waals surface area (Å²) in [5.41, 5.74) is 0. The summed E-state index contributed by atoms with van der Waals surface area (Å²) in [5, 5.41) is 0. The molecule has 0 saturated carbocycles. The van der Waals surface area contributed by atoms with Crippen LogP contribution in [-0.4, -0.2) is 60.0 Å². The highest BCUT2D eigenvalue weighted by atomic mass is 16.5. The van der Waals surface area contributed by atoms with E-state index in [2.05, 4.69) is 0 Å². The van der Waals surface area contributed by atoms with Crippen molar-refractivity contribution >= 4 is 11.9 Å². The van der Waals surface area contributed by atoms with Crippen molar-refractivity contribution in [1.82, 2.24) is 9.80 Å². The third-order valence-corrected chi connectivity index (χ3v) is 3.21. The van der Waals surface area contributed by atoms with Gasteiger partial charge in [0.05, 0.1) is 19.2 Å². The maximum Gasteiger partial charge on any atom is 0.320 e. The Kier molecular flexibility index (Phi) is 8.39. The van der Waals surface area contributed by atoms with E-state index in [-0.39, 0.29) is 30.5 Å². The Labute approximate surface area is 116 Å². The molecule has 112 valence electrons. The van der Waals surface area contributed by atoms with Gasteiger partial charge in [0, 0.05) is 19.1 Å². The van der Waals surface area contributed by atoms with Crippen molar-refractivity contribution < 1.29 is 14.3 Å². The quantitative estimate of drug-likeness (QED) is 0.629. The highest BCUT2D eigenvalue weighted by Crippen LogP contribution is 2.09. The Morgan fingerprint density at radius 2 is 1.58 bits per heavy atom. The van der Waals surface area contributed by atoms with Crippen LogP contribution in [0.4, 0.5) is 0 Å². The van der Waals surface area contributed by atoms with Crippen LogP contribution in [0.3, 0.4) is 0 Å². The van der Waals surface area contributed by atoms with Crippen molar-refractivity contribution in [2.75, 3.05) is 26.2 Å². The van der Waals surface area contributed by atoms with Crippen LogP contribution in [-0.2, 0) is 14.3 Å². The molecule has 0 bridgehead atoms. The number of hydrogen-bond donors (Lipinski definition) is 0. The molecule has 0 radical (unpaired) electrons. The van der Waals surface area contributed by atoms with Gasteiger partial charge in [0.25, 0.3) is 0 Å². The molecule has 0 fully saturated rings. The fraction of sp³-hybridized carbons (Fsp3) is 0.857. The van der Waals surface area contributed by atoms with Gasteiger partial charge in [0.15, 0.2) is 0 Å². The molecule has 0 spiro atoms. The average Bonchev–Trinajstić information content (AvgIpc) is 2.36. The van der Waals surface area contributed by atoms with E-state index >= 15 is 0 Å². The van der Waals surface area contributed by atoms with Crippen LogP contribution in [0, 0.1) is 0 Å². The number of esters is 1. The molecule has 0 saturated heterocycles. The van der Waals surface area contributed by atoms with E-state index in [4.69, 9.17) is 4.74 Å². The zero-order valence-electron chi connectivity index (χ0n) is 13.1. The molecule has 1 amide bonds. The summed E-state index contributed by atoms with van der Waals surface area (Å²) in [6.45, 7) is 13.4. The van der Waals surface area contributed by atoms with Crippen LogP contribution in [0.1, 0.15) is 41.5 Å². The highest BCUT2D eigenvalue weighted by Gasteiger charge is 2.28. The Bertz CT molecular complexity index is 288. The number of amides is 1. The molecule has 0 heterocycles. The van der Waals surface area contributed by atoms with E-state index in [1.807, 2.05) is 39.5 Å². The monoisotopic (exact) mass is 272 g/mol. The van der Waals surface area contributed by atoms with Gasteiger partial charge in [0.1, 0.15) is 0 Å². The van der Waals surface area contributed by atoms with Gasteiger partial charge in [-0.2, -0.15) is 0 Å². The Hall–Kier alpha value is -1.10. The SMILES string of the molecule is CCOC(=O)CN(C(C)C)C(C)C(=O)N(CC)CC. The Balaban J connectivity index is 4.78. The molecule has 0 aliphatic rings. The van der Waals surface area contributed by atoms with E-state index in [9.17, 15) is 9.59 Å². The maximum absolute atomic E-state index is 12.3. The zero-order chi connectivity index (χ0) is 15.0. The smallest absolute Gasteiger partial charge is 0.320 e. The summed E-state index contributed by atoms with van der Waals surface area (Å²) in [7, 11) is 0. The molecule has 0 N–H and O–H groups in total. The van der Waals surface area contributed by atoms with Gasteiger partial charge in [0.2, 0.25) is 5.91 Å². The molecule has 0 aromatic rings. The zero-order valence-corrected chi connectivity index (χ0v) is 13.1. The van der Waals surface area contributed by atoms with Crippen molar-refractivity contribution in [3.8, 4) is 0 Å². The second-order valence-electron chi connectivity index (χ2n) is 4.76. The summed E-state index contributed by atoms with van der Waals surface area (Å²) in [5.74, 6) is -0.224. The number of hydrogen-bond acceptors (Lipinski definition) is 4. The van der Waals surface area contributed by atoms with E-state index < -0.39 is 0 Å². The van der Waals surface area contributed by atoms with E-state index in [0.717, 1.165) is 0 Å². The van der Waals surface area contributed by atoms with Gasteiger partial charge in [-0.05, 0) is 41.5 Å². The number of carbonyl (C=O) groups excluding carboxylic acids is 2. The third-order valence-electron chi connectivity index (χ3n) is 3.21. The molecule has 1 unspecified atom stereocenters. The molecule has 19 heavy (non-hydrogen) atoms. The first-order chi connectivity index (χ1) is 8.88. The van der Waals surface area contributed by atoms with Crippen LogP contribution in [0.2, 0.25) is 0 Å². The summed E-state index contributed by atoms with van der Waals surface area (Å²) in [6.07, 6.45) is 0. The number of carbonyl (C=O) groups is 2. The van der Waals surface area contributed by atoms with Crippen molar-refractivity contribution in [3.05, 3.63) is 0 Å². The van der Waals surface area contributed by atoms with Crippen molar-refractivity contribution in [2.24, 2.45) is 0 Å². The summed E-state index contributed by atoms with van der Waals surface area (Å²) in [4.78, 5) is 27.6. The molecule has 0 aliphatic carbocycles. The lowest BCUT2D eigenvalue weighted by molar-refractivity contribution is -0.147. The minimum absolute atomic E-state index is 0.0583. The third kappa shape index (κ3) is 5.59. The molecule has 0 aromatic heterocycles. The first-order valence-corrected chi connectivity index (χ1v) is 7.09. The van der Waals surface area contributed by atoms with Crippen molar-refractivity contribution in [3.63, 3.8) is 0 Å². The van der Waals surface area contributed by atoms with Crippen molar-refractivity contribution in [2.45, 2.75) is 53.6 Å². The molecular formula is C14H28N2O3. The highest BCUT2D eigenvalue weighted by molar-refractivity contribution is 5.82. The fourth-order valence-electron chi connectivity index (χ4n) is 2.06. The Morgan fingerprint density at radius 3 is 1.95 bits per heavy atom. The number of rotatable bonds is 8. The first-order valence-electron chi connectivity index (χ1n) is 7.09. The maximum atomic E-state index is 12.3. The van der Waals surface area contributed by atoms with Crippen LogP contribution < -0.4 is 0 Å². The van der Waals surface area contributed by atoms with Crippen LogP contribution in [0.25, 0.3) is 0 Å². The second-order valence-corrected chi connectivity index (χ2v) is 4.76. The van der Waals surface area contributed by atoms with Crippen molar-refractivity contribution in [1.29, 1.82) is 0 Å². The van der Waals surface area contributed by atoms with Gasteiger partial charge >= 0.3 is 5.97 Å². The molecular weight excluding hydrogens is 244 g/mol.